The monoisotopic (exact) mass is 333 g/mol. The molecule has 2 aromatic rings. The Morgan fingerprint density at radius 1 is 0.957 bits per heavy atom. The summed E-state index contributed by atoms with van der Waals surface area (Å²) in [7, 11) is -3.45. The predicted molar refractivity (Wildman–Crippen MR) is 85.5 cm³/mol. The summed E-state index contributed by atoms with van der Waals surface area (Å²) in [6.45, 7) is 0. The van der Waals surface area contributed by atoms with E-state index in [4.69, 9.17) is 4.74 Å². The zero-order valence-electron chi connectivity index (χ0n) is 12.6. The number of rotatable bonds is 5. The topological polar surface area (TPSA) is 81.2 Å². The molecule has 0 unspecified atom stereocenters. The van der Waals surface area contributed by atoms with Crippen molar-refractivity contribution in [3.05, 3.63) is 48.8 Å². The fourth-order valence-corrected chi connectivity index (χ4v) is 4.01. The molecular weight excluding hydrogens is 314 g/mol. The van der Waals surface area contributed by atoms with Gasteiger partial charge in [-0.15, -0.1) is 0 Å². The van der Waals surface area contributed by atoms with Gasteiger partial charge in [0, 0.05) is 18.4 Å². The second-order valence-corrected chi connectivity index (χ2v) is 7.27. The van der Waals surface area contributed by atoms with E-state index in [1.54, 1.807) is 48.8 Å². The molecule has 1 heterocycles. The van der Waals surface area contributed by atoms with E-state index in [1.807, 2.05) is 0 Å². The number of sulfonamides is 1. The smallest absolute Gasteiger partial charge is 0.316 e. The lowest BCUT2D eigenvalue weighted by atomic mass is 9.94. The summed E-state index contributed by atoms with van der Waals surface area (Å²) in [5, 5.41) is 0. The van der Waals surface area contributed by atoms with Gasteiger partial charge in [-0.05, 0) is 43.9 Å². The minimum Gasteiger partial charge on any atom is -0.460 e. The summed E-state index contributed by atoms with van der Waals surface area (Å²) in [5.74, 6) is 0. The molecule has 1 aliphatic carbocycles. The summed E-state index contributed by atoms with van der Waals surface area (Å²) in [6.07, 6.45) is 6.35. The number of nitrogens with zero attached hydrogens (tertiary/aromatic N) is 2. The second kappa shape index (κ2) is 7.06. The fraction of sp³-hybridized carbons (Fsp3) is 0.375. The Kier molecular flexibility index (Phi) is 4.88. The third kappa shape index (κ3) is 4.27. The van der Waals surface area contributed by atoms with E-state index in [2.05, 4.69) is 14.7 Å². The third-order valence-corrected chi connectivity index (χ3v) is 5.40. The molecule has 0 aliphatic heterocycles. The van der Waals surface area contributed by atoms with Crippen molar-refractivity contribution >= 4 is 10.0 Å². The molecule has 1 saturated carbocycles. The van der Waals surface area contributed by atoms with Gasteiger partial charge in [-0.1, -0.05) is 18.2 Å². The van der Waals surface area contributed by atoms with Gasteiger partial charge in [0.25, 0.3) is 0 Å². The zero-order valence-corrected chi connectivity index (χ0v) is 13.4. The van der Waals surface area contributed by atoms with Gasteiger partial charge in [0.15, 0.2) is 0 Å². The Morgan fingerprint density at radius 3 is 2.26 bits per heavy atom. The lowest BCUT2D eigenvalue weighted by Gasteiger charge is -2.28. The van der Waals surface area contributed by atoms with Gasteiger partial charge >= 0.3 is 6.01 Å². The van der Waals surface area contributed by atoms with Crippen molar-refractivity contribution in [2.24, 2.45) is 0 Å². The average molecular weight is 333 g/mol. The van der Waals surface area contributed by atoms with E-state index >= 15 is 0 Å². The highest BCUT2D eigenvalue weighted by molar-refractivity contribution is 7.89. The van der Waals surface area contributed by atoms with Crippen molar-refractivity contribution in [2.75, 3.05) is 0 Å². The van der Waals surface area contributed by atoms with Crippen molar-refractivity contribution in [1.82, 2.24) is 14.7 Å². The maximum absolute atomic E-state index is 12.3. The van der Waals surface area contributed by atoms with E-state index < -0.39 is 10.0 Å². The van der Waals surface area contributed by atoms with Crippen LogP contribution in [0.2, 0.25) is 0 Å². The van der Waals surface area contributed by atoms with Crippen LogP contribution in [0.1, 0.15) is 25.7 Å². The average Bonchev–Trinajstić information content (AvgIpc) is 2.58. The Balaban J connectivity index is 1.53. The molecule has 0 amide bonds. The minimum absolute atomic E-state index is 0.0369. The van der Waals surface area contributed by atoms with Gasteiger partial charge in [-0.2, -0.15) is 0 Å². The second-order valence-electron chi connectivity index (χ2n) is 5.56. The number of hydrogen-bond donors (Lipinski definition) is 1. The molecule has 0 radical (unpaired) electrons. The van der Waals surface area contributed by atoms with E-state index in [-0.39, 0.29) is 12.1 Å². The molecule has 6 nitrogen and oxygen atoms in total. The van der Waals surface area contributed by atoms with Crippen LogP contribution in [0.4, 0.5) is 0 Å². The largest absolute Gasteiger partial charge is 0.460 e. The molecule has 0 spiro atoms. The SMILES string of the molecule is O=S(=O)(NC1CCC(Oc2ncccn2)CC1)c1ccccc1. The molecule has 1 aromatic carbocycles. The quantitative estimate of drug-likeness (QED) is 0.907. The number of benzene rings is 1. The molecule has 23 heavy (non-hydrogen) atoms. The standard InChI is InChI=1S/C16H19N3O3S/c20-23(21,15-5-2-1-3-6-15)19-13-7-9-14(10-8-13)22-16-17-11-4-12-18-16/h1-6,11-14,19H,7-10H2. The van der Waals surface area contributed by atoms with Gasteiger partial charge < -0.3 is 4.74 Å². The van der Waals surface area contributed by atoms with Crippen LogP contribution >= 0.6 is 0 Å². The predicted octanol–water partition coefficient (Wildman–Crippen LogP) is 2.15. The van der Waals surface area contributed by atoms with Crippen LogP contribution in [-0.4, -0.2) is 30.5 Å². The highest BCUT2D eigenvalue weighted by atomic mass is 32.2. The summed E-state index contributed by atoms with van der Waals surface area (Å²) >= 11 is 0. The van der Waals surface area contributed by atoms with Crippen LogP contribution in [-0.2, 0) is 10.0 Å². The summed E-state index contributed by atoms with van der Waals surface area (Å²) in [5.41, 5.74) is 0. The van der Waals surface area contributed by atoms with Crippen molar-refractivity contribution in [2.45, 2.75) is 42.7 Å². The molecule has 1 aromatic heterocycles. The molecule has 1 N–H and O–H groups in total. The molecule has 7 heteroatoms. The van der Waals surface area contributed by atoms with Crippen LogP contribution in [0.25, 0.3) is 0 Å². The first-order valence-corrected chi connectivity index (χ1v) is 9.13. The summed E-state index contributed by atoms with van der Waals surface area (Å²) in [6, 6.07) is 10.5. The summed E-state index contributed by atoms with van der Waals surface area (Å²) in [4.78, 5) is 8.39. The molecule has 3 rings (SSSR count). The van der Waals surface area contributed by atoms with Gasteiger partial charge in [0.05, 0.1) is 4.90 Å². The van der Waals surface area contributed by atoms with E-state index in [0.29, 0.717) is 10.9 Å². The Labute approximate surface area is 136 Å². The molecule has 0 bridgehead atoms. The molecule has 0 saturated heterocycles. The van der Waals surface area contributed by atoms with Gasteiger partial charge in [-0.25, -0.2) is 23.1 Å². The van der Waals surface area contributed by atoms with Crippen molar-refractivity contribution in [3.63, 3.8) is 0 Å². The van der Waals surface area contributed by atoms with Crippen LogP contribution < -0.4 is 9.46 Å². The van der Waals surface area contributed by atoms with E-state index in [1.165, 1.54) is 0 Å². The Bertz CT molecular complexity index is 715. The van der Waals surface area contributed by atoms with Crippen molar-refractivity contribution in [1.29, 1.82) is 0 Å². The lowest BCUT2D eigenvalue weighted by Crippen LogP contribution is -2.39. The van der Waals surface area contributed by atoms with Crippen LogP contribution in [0.5, 0.6) is 6.01 Å². The van der Waals surface area contributed by atoms with E-state index in [9.17, 15) is 8.42 Å². The normalized spacial score (nSPS) is 21.7. The number of aromatic nitrogens is 2. The van der Waals surface area contributed by atoms with Crippen LogP contribution in [0.3, 0.4) is 0 Å². The molecule has 1 fully saturated rings. The van der Waals surface area contributed by atoms with Crippen LogP contribution in [0, 0.1) is 0 Å². The first-order valence-electron chi connectivity index (χ1n) is 7.64. The highest BCUT2D eigenvalue weighted by Crippen LogP contribution is 2.23. The molecule has 122 valence electrons. The van der Waals surface area contributed by atoms with Crippen LogP contribution in [0.15, 0.2) is 53.7 Å². The van der Waals surface area contributed by atoms with E-state index in [0.717, 1.165) is 25.7 Å². The Morgan fingerprint density at radius 2 is 1.61 bits per heavy atom. The summed E-state index contributed by atoms with van der Waals surface area (Å²) < 4.78 is 33.1. The Hall–Kier alpha value is -1.99. The first-order chi connectivity index (χ1) is 11.1. The molecular formula is C16H19N3O3S. The number of hydrogen-bond acceptors (Lipinski definition) is 5. The van der Waals surface area contributed by atoms with Gasteiger partial charge in [0.2, 0.25) is 10.0 Å². The molecule has 0 atom stereocenters. The first kappa shape index (κ1) is 15.9. The fourth-order valence-electron chi connectivity index (χ4n) is 2.68. The number of ether oxygens (including phenoxy) is 1. The maximum Gasteiger partial charge on any atom is 0.316 e. The zero-order chi connectivity index (χ0) is 16.1. The highest BCUT2D eigenvalue weighted by Gasteiger charge is 2.26. The lowest BCUT2D eigenvalue weighted by molar-refractivity contribution is 0.132. The molecule has 1 aliphatic rings. The van der Waals surface area contributed by atoms with Gasteiger partial charge in [-0.3, -0.25) is 0 Å². The van der Waals surface area contributed by atoms with Crippen molar-refractivity contribution in [3.8, 4) is 6.01 Å². The van der Waals surface area contributed by atoms with Gasteiger partial charge in [0.1, 0.15) is 6.10 Å². The minimum atomic E-state index is -3.45. The third-order valence-electron chi connectivity index (χ3n) is 3.86. The van der Waals surface area contributed by atoms with Crippen molar-refractivity contribution < 1.29 is 13.2 Å². The number of nitrogens with one attached hydrogen (secondary N) is 1. The maximum atomic E-state index is 12.3.